The van der Waals surface area contributed by atoms with Crippen LogP contribution in [0.4, 0.5) is 5.82 Å². The van der Waals surface area contributed by atoms with Crippen molar-refractivity contribution < 1.29 is 14.8 Å². The molecule has 106 valence electrons. The number of aromatic nitrogens is 2. The Hall–Kier alpha value is -1.51. The van der Waals surface area contributed by atoms with Crippen molar-refractivity contribution in [1.29, 1.82) is 0 Å². The number of β-amino-alcohol motifs (C(OH)–C–C–N with tert-alkyl or cyclic N) is 1. The number of nitro groups is 1. The largest absolute Gasteiger partial charge is 0.388 e. The minimum Gasteiger partial charge on any atom is -0.388 e. The molecule has 8 nitrogen and oxygen atoms in total. The Morgan fingerprint density at radius 1 is 1.53 bits per heavy atom. The minimum absolute atomic E-state index is 0.0847. The number of aliphatic hydroxyl groups excluding tert-OH is 1. The smallest absolute Gasteiger partial charge is 0.342 e. The van der Waals surface area contributed by atoms with Crippen LogP contribution < -0.4 is 0 Å². The number of hydrogen-bond acceptors (Lipinski definition) is 6. The number of aryl methyl sites for hydroxylation is 1. The fraction of sp³-hybridized carbons (Fsp3) is 0.727. The molecule has 1 fully saturated rings. The molecule has 0 aromatic carbocycles. The summed E-state index contributed by atoms with van der Waals surface area (Å²) >= 11 is 0. The van der Waals surface area contributed by atoms with Crippen molar-refractivity contribution in [2.45, 2.75) is 19.6 Å². The summed E-state index contributed by atoms with van der Waals surface area (Å²) in [5.74, 6) is 0.450. The molecule has 1 aromatic rings. The maximum absolute atomic E-state index is 10.8. The molecule has 1 aliphatic rings. The van der Waals surface area contributed by atoms with E-state index < -0.39 is 11.0 Å². The molecule has 0 saturated carbocycles. The molecule has 1 aliphatic heterocycles. The van der Waals surface area contributed by atoms with Crippen LogP contribution in [0.15, 0.2) is 6.20 Å². The van der Waals surface area contributed by atoms with Crippen LogP contribution in [0.1, 0.15) is 5.82 Å². The number of aliphatic hydroxyl groups is 1. The van der Waals surface area contributed by atoms with Crippen LogP contribution in [0.5, 0.6) is 0 Å². The van der Waals surface area contributed by atoms with Gasteiger partial charge in [0, 0.05) is 26.6 Å². The van der Waals surface area contributed by atoms with Gasteiger partial charge in [0.25, 0.3) is 0 Å². The Balaban J connectivity index is 1.96. The van der Waals surface area contributed by atoms with Crippen molar-refractivity contribution in [2.75, 3.05) is 32.8 Å². The zero-order valence-electron chi connectivity index (χ0n) is 10.9. The molecule has 0 amide bonds. The van der Waals surface area contributed by atoms with Gasteiger partial charge in [-0.05, 0) is 4.92 Å². The third kappa shape index (κ3) is 3.49. The lowest BCUT2D eigenvalue weighted by atomic mass is 10.3. The molecule has 19 heavy (non-hydrogen) atoms. The highest BCUT2D eigenvalue weighted by Crippen LogP contribution is 2.14. The van der Waals surface area contributed by atoms with E-state index in [1.54, 1.807) is 6.92 Å². The van der Waals surface area contributed by atoms with E-state index in [0.717, 1.165) is 13.1 Å². The summed E-state index contributed by atoms with van der Waals surface area (Å²) in [6.45, 7) is 5.24. The number of hydrogen-bond donors (Lipinski definition) is 1. The number of imidazole rings is 1. The van der Waals surface area contributed by atoms with Gasteiger partial charge in [0.2, 0.25) is 0 Å². The van der Waals surface area contributed by atoms with Crippen molar-refractivity contribution in [3.8, 4) is 0 Å². The third-order valence-corrected chi connectivity index (χ3v) is 3.19. The monoisotopic (exact) mass is 270 g/mol. The number of rotatable bonds is 5. The second-order valence-electron chi connectivity index (χ2n) is 4.60. The standard InChI is InChI=1S/C11H18N4O4/c1-9-12-6-11(15(17)18)14(9)8-10(16)7-13-2-4-19-5-3-13/h6,10,16H,2-5,7-8H2,1H3/t10-/m0/s1. The van der Waals surface area contributed by atoms with Crippen molar-refractivity contribution in [1.82, 2.24) is 14.5 Å². The number of nitrogens with zero attached hydrogens (tertiary/aromatic N) is 4. The minimum atomic E-state index is -0.662. The first-order valence-corrected chi connectivity index (χ1v) is 6.22. The SMILES string of the molecule is Cc1ncc([N+](=O)[O-])n1C[C@@H](O)CN1CCOCC1. The summed E-state index contributed by atoms with van der Waals surface area (Å²) in [4.78, 5) is 16.4. The van der Waals surface area contributed by atoms with E-state index in [-0.39, 0.29) is 12.4 Å². The molecule has 2 rings (SSSR count). The molecule has 1 atom stereocenters. The normalized spacial score (nSPS) is 18.4. The molecule has 0 spiro atoms. The van der Waals surface area contributed by atoms with Gasteiger partial charge in [0.1, 0.15) is 18.8 Å². The van der Waals surface area contributed by atoms with Gasteiger partial charge in [-0.25, -0.2) is 9.55 Å². The van der Waals surface area contributed by atoms with E-state index in [1.807, 2.05) is 0 Å². The van der Waals surface area contributed by atoms with Gasteiger partial charge >= 0.3 is 5.82 Å². The van der Waals surface area contributed by atoms with Crippen molar-refractivity contribution in [3.05, 3.63) is 22.1 Å². The first-order valence-electron chi connectivity index (χ1n) is 6.22. The lowest BCUT2D eigenvalue weighted by Crippen LogP contribution is -2.42. The zero-order valence-corrected chi connectivity index (χ0v) is 10.9. The molecule has 1 N–H and O–H groups in total. The molecular formula is C11H18N4O4. The summed E-state index contributed by atoms with van der Waals surface area (Å²) in [5.41, 5.74) is 0. The van der Waals surface area contributed by atoms with Gasteiger partial charge in [-0.1, -0.05) is 0 Å². The lowest BCUT2D eigenvalue weighted by Gasteiger charge is -2.28. The molecule has 2 heterocycles. The average molecular weight is 270 g/mol. The zero-order chi connectivity index (χ0) is 13.8. The second-order valence-corrected chi connectivity index (χ2v) is 4.60. The van der Waals surface area contributed by atoms with E-state index in [1.165, 1.54) is 10.8 Å². The Kier molecular flexibility index (Phi) is 4.46. The quantitative estimate of drug-likeness (QED) is 0.588. The van der Waals surface area contributed by atoms with Crippen molar-refractivity contribution in [2.24, 2.45) is 0 Å². The first kappa shape index (κ1) is 13.9. The molecule has 0 radical (unpaired) electrons. The topological polar surface area (TPSA) is 93.7 Å². The molecule has 0 aliphatic carbocycles. The predicted molar refractivity (Wildman–Crippen MR) is 66.9 cm³/mol. The first-order chi connectivity index (χ1) is 9.08. The summed E-state index contributed by atoms with van der Waals surface area (Å²) in [7, 11) is 0. The van der Waals surface area contributed by atoms with E-state index in [4.69, 9.17) is 4.74 Å². The van der Waals surface area contributed by atoms with Crippen LogP contribution in [0.25, 0.3) is 0 Å². The van der Waals surface area contributed by atoms with Crippen LogP contribution >= 0.6 is 0 Å². The Bertz CT molecular complexity index is 442. The molecular weight excluding hydrogens is 252 g/mol. The van der Waals surface area contributed by atoms with Crippen LogP contribution in [0, 0.1) is 17.0 Å². The summed E-state index contributed by atoms with van der Waals surface area (Å²) < 4.78 is 6.66. The molecule has 1 aromatic heterocycles. The van der Waals surface area contributed by atoms with E-state index in [2.05, 4.69) is 9.88 Å². The fourth-order valence-electron chi connectivity index (χ4n) is 2.18. The van der Waals surface area contributed by atoms with Gasteiger partial charge in [-0.2, -0.15) is 0 Å². The summed E-state index contributed by atoms with van der Waals surface area (Å²) in [6.07, 6.45) is 0.557. The Labute approximate surface area is 110 Å². The van der Waals surface area contributed by atoms with Crippen LogP contribution in [-0.4, -0.2) is 63.4 Å². The van der Waals surface area contributed by atoms with Gasteiger partial charge < -0.3 is 20.0 Å². The van der Waals surface area contributed by atoms with Gasteiger partial charge in [-0.15, -0.1) is 0 Å². The second kappa shape index (κ2) is 6.09. The highest BCUT2D eigenvalue weighted by atomic mass is 16.6. The van der Waals surface area contributed by atoms with Crippen molar-refractivity contribution >= 4 is 5.82 Å². The van der Waals surface area contributed by atoms with Crippen LogP contribution in [0.2, 0.25) is 0 Å². The summed E-state index contributed by atoms with van der Waals surface area (Å²) in [5, 5.41) is 20.9. The van der Waals surface area contributed by atoms with E-state index in [0.29, 0.717) is 25.6 Å². The predicted octanol–water partition coefficient (Wildman–Crippen LogP) is -0.207. The van der Waals surface area contributed by atoms with Gasteiger partial charge in [0.15, 0.2) is 5.82 Å². The number of morpholine rings is 1. The Morgan fingerprint density at radius 2 is 2.21 bits per heavy atom. The fourth-order valence-corrected chi connectivity index (χ4v) is 2.18. The van der Waals surface area contributed by atoms with Gasteiger partial charge in [0.05, 0.1) is 13.2 Å². The van der Waals surface area contributed by atoms with E-state index >= 15 is 0 Å². The maximum Gasteiger partial charge on any atom is 0.342 e. The highest BCUT2D eigenvalue weighted by Gasteiger charge is 2.22. The van der Waals surface area contributed by atoms with Gasteiger partial charge in [-0.3, -0.25) is 4.90 Å². The number of ether oxygens (including phenoxy) is 1. The molecule has 8 heteroatoms. The molecule has 0 bridgehead atoms. The average Bonchev–Trinajstić information content (AvgIpc) is 2.72. The molecule has 0 unspecified atom stereocenters. The van der Waals surface area contributed by atoms with E-state index in [9.17, 15) is 15.2 Å². The van der Waals surface area contributed by atoms with Crippen molar-refractivity contribution in [3.63, 3.8) is 0 Å². The summed E-state index contributed by atoms with van der Waals surface area (Å²) in [6, 6.07) is 0. The molecule has 1 saturated heterocycles. The third-order valence-electron chi connectivity index (χ3n) is 3.19. The highest BCUT2D eigenvalue weighted by molar-refractivity contribution is 5.18. The Morgan fingerprint density at radius 3 is 2.84 bits per heavy atom. The lowest BCUT2D eigenvalue weighted by molar-refractivity contribution is -0.392. The van der Waals surface area contributed by atoms with Crippen LogP contribution in [0.3, 0.4) is 0 Å². The van der Waals surface area contributed by atoms with Crippen LogP contribution in [-0.2, 0) is 11.3 Å². The maximum atomic E-state index is 10.8.